The van der Waals surface area contributed by atoms with E-state index in [1.165, 1.54) is 11.3 Å². The van der Waals surface area contributed by atoms with Crippen LogP contribution in [-0.2, 0) is 11.2 Å². The molecule has 0 saturated heterocycles. The van der Waals surface area contributed by atoms with Gasteiger partial charge in [0.1, 0.15) is 0 Å². The van der Waals surface area contributed by atoms with Crippen molar-refractivity contribution in [2.24, 2.45) is 5.73 Å². The number of halogens is 3. The normalized spacial score (nSPS) is 9.82. The molecule has 0 atom stereocenters. The molecule has 17 heavy (non-hydrogen) atoms. The summed E-state index contributed by atoms with van der Waals surface area (Å²) < 4.78 is 1.40. The van der Waals surface area contributed by atoms with Crippen LogP contribution in [0, 0.1) is 0 Å². The first kappa shape index (κ1) is 17.0. The fraction of sp³-hybridized carbons (Fsp3) is 0.500. The molecule has 0 aromatic carbocycles. The zero-order chi connectivity index (χ0) is 12.0. The van der Waals surface area contributed by atoms with E-state index in [1.54, 1.807) is 0 Å². The molecule has 3 N–H and O–H groups in total. The van der Waals surface area contributed by atoms with Crippen LogP contribution in [0.2, 0.25) is 8.67 Å². The van der Waals surface area contributed by atoms with Gasteiger partial charge in [0, 0.05) is 19.5 Å². The summed E-state index contributed by atoms with van der Waals surface area (Å²) in [4.78, 5) is 11.3. The van der Waals surface area contributed by atoms with Crippen molar-refractivity contribution in [2.75, 3.05) is 13.1 Å². The Hall–Kier alpha value is -0.0000000000000000555. The third-order valence-corrected chi connectivity index (χ3v) is 3.61. The topological polar surface area (TPSA) is 55.1 Å². The van der Waals surface area contributed by atoms with Crippen molar-refractivity contribution in [1.29, 1.82) is 0 Å². The molecule has 1 amide bonds. The maximum atomic E-state index is 11.3. The van der Waals surface area contributed by atoms with Crippen LogP contribution in [0.1, 0.15) is 18.4 Å². The predicted molar refractivity (Wildman–Crippen MR) is 76.6 cm³/mol. The second-order valence-corrected chi connectivity index (χ2v) is 5.63. The fourth-order valence-electron chi connectivity index (χ4n) is 1.28. The van der Waals surface area contributed by atoms with Gasteiger partial charge in [-0.15, -0.1) is 23.7 Å². The van der Waals surface area contributed by atoms with Crippen LogP contribution in [-0.4, -0.2) is 19.0 Å². The van der Waals surface area contributed by atoms with E-state index < -0.39 is 0 Å². The summed E-state index contributed by atoms with van der Waals surface area (Å²) in [6.45, 7) is 1.00. The molecule has 0 spiro atoms. The Labute approximate surface area is 121 Å². The minimum absolute atomic E-state index is 0. The third kappa shape index (κ3) is 6.48. The number of carbonyl (C=O) groups excluding carboxylic acids is 1. The number of amides is 1. The van der Waals surface area contributed by atoms with Gasteiger partial charge in [-0.25, -0.2) is 0 Å². The number of aryl methyl sites for hydroxylation is 1. The quantitative estimate of drug-likeness (QED) is 0.847. The summed E-state index contributed by atoms with van der Waals surface area (Å²) in [5.41, 5.74) is 6.29. The average Bonchev–Trinajstić information content (AvgIpc) is 2.55. The van der Waals surface area contributed by atoms with E-state index in [0.29, 0.717) is 28.2 Å². The van der Waals surface area contributed by atoms with Crippen LogP contribution in [0.4, 0.5) is 0 Å². The lowest BCUT2D eigenvalue weighted by Gasteiger charge is -2.02. The van der Waals surface area contributed by atoms with Crippen molar-refractivity contribution in [3.05, 3.63) is 20.3 Å². The molecule has 0 aliphatic heterocycles. The molecule has 1 aromatic rings. The standard InChI is InChI=1S/C10H14Cl2N2OS.ClH/c11-8-6-7(10(12)16-8)2-1-3-9(15)14-5-4-13;/h6H,1-5,13H2,(H,14,15);1H. The number of hydrogen-bond acceptors (Lipinski definition) is 3. The molecular weight excluding hydrogens is 303 g/mol. The largest absolute Gasteiger partial charge is 0.355 e. The first-order valence-electron chi connectivity index (χ1n) is 5.04. The van der Waals surface area contributed by atoms with Crippen molar-refractivity contribution in [2.45, 2.75) is 19.3 Å². The van der Waals surface area contributed by atoms with Crippen molar-refractivity contribution in [3.63, 3.8) is 0 Å². The van der Waals surface area contributed by atoms with Crippen molar-refractivity contribution in [1.82, 2.24) is 5.32 Å². The number of thiophene rings is 1. The molecule has 0 bridgehead atoms. The van der Waals surface area contributed by atoms with Gasteiger partial charge in [0.25, 0.3) is 0 Å². The van der Waals surface area contributed by atoms with E-state index in [4.69, 9.17) is 28.9 Å². The second kappa shape index (κ2) is 9.00. The van der Waals surface area contributed by atoms with Gasteiger partial charge in [0.15, 0.2) is 0 Å². The Morgan fingerprint density at radius 2 is 2.18 bits per heavy atom. The molecule has 98 valence electrons. The Morgan fingerprint density at radius 3 is 2.71 bits per heavy atom. The zero-order valence-corrected chi connectivity index (χ0v) is 12.3. The summed E-state index contributed by atoms with van der Waals surface area (Å²) in [5, 5.41) is 2.72. The maximum Gasteiger partial charge on any atom is 0.220 e. The highest BCUT2D eigenvalue weighted by molar-refractivity contribution is 7.20. The van der Waals surface area contributed by atoms with Gasteiger partial charge in [-0.05, 0) is 24.5 Å². The number of nitrogens with two attached hydrogens (primary N) is 1. The fourth-order valence-corrected chi connectivity index (χ4v) is 2.83. The summed E-state index contributed by atoms with van der Waals surface area (Å²) in [5.74, 6) is 0.0305. The molecule has 1 heterocycles. The molecule has 1 rings (SSSR count). The van der Waals surface area contributed by atoms with Crippen LogP contribution in [0.25, 0.3) is 0 Å². The van der Waals surface area contributed by atoms with Crippen LogP contribution in [0.5, 0.6) is 0 Å². The van der Waals surface area contributed by atoms with Crippen molar-refractivity contribution >= 4 is 52.9 Å². The van der Waals surface area contributed by atoms with Gasteiger partial charge in [-0.3, -0.25) is 4.79 Å². The number of nitrogens with one attached hydrogen (secondary N) is 1. The monoisotopic (exact) mass is 316 g/mol. The Morgan fingerprint density at radius 1 is 1.47 bits per heavy atom. The molecule has 0 unspecified atom stereocenters. The molecule has 0 saturated carbocycles. The van der Waals surface area contributed by atoms with E-state index in [9.17, 15) is 4.79 Å². The van der Waals surface area contributed by atoms with E-state index in [0.717, 1.165) is 18.4 Å². The number of hydrogen-bond donors (Lipinski definition) is 2. The first-order valence-corrected chi connectivity index (χ1v) is 6.61. The summed E-state index contributed by atoms with van der Waals surface area (Å²) >= 11 is 13.1. The van der Waals surface area contributed by atoms with E-state index in [2.05, 4.69) is 5.32 Å². The Bertz CT molecular complexity index is 357. The van der Waals surface area contributed by atoms with Gasteiger partial charge in [-0.1, -0.05) is 23.2 Å². The van der Waals surface area contributed by atoms with E-state index >= 15 is 0 Å². The Kier molecular flexibility index (Phi) is 9.00. The van der Waals surface area contributed by atoms with Crippen LogP contribution >= 0.6 is 46.9 Å². The van der Waals surface area contributed by atoms with Gasteiger partial charge >= 0.3 is 0 Å². The highest BCUT2D eigenvalue weighted by Crippen LogP contribution is 2.31. The van der Waals surface area contributed by atoms with Gasteiger partial charge in [-0.2, -0.15) is 0 Å². The lowest BCUT2D eigenvalue weighted by molar-refractivity contribution is -0.121. The lowest BCUT2D eigenvalue weighted by Crippen LogP contribution is -2.28. The molecule has 1 aromatic heterocycles. The van der Waals surface area contributed by atoms with Crippen LogP contribution in [0.15, 0.2) is 6.07 Å². The first-order chi connectivity index (χ1) is 7.63. The minimum Gasteiger partial charge on any atom is -0.355 e. The summed E-state index contributed by atoms with van der Waals surface area (Å²) in [6, 6.07) is 1.85. The number of carbonyl (C=O) groups is 1. The predicted octanol–water partition coefficient (Wildman–Crippen LogP) is 2.87. The van der Waals surface area contributed by atoms with Crippen LogP contribution < -0.4 is 11.1 Å². The maximum absolute atomic E-state index is 11.3. The third-order valence-electron chi connectivity index (χ3n) is 2.04. The summed E-state index contributed by atoms with van der Waals surface area (Å²) in [6.07, 6.45) is 2.03. The van der Waals surface area contributed by atoms with E-state index in [1.807, 2.05) is 6.07 Å². The molecule has 0 aliphatic rings. The summed E-state index contributed by atoms with van der Waals surface area (Å²) in [7, 11) is 0. The minimum atomic E-state index is 0. The molecule has 0 aliphatic carbocycles. The van der Waals surface area contributed by atoms with Gasteiger partial charge < -0.3 is 11.1 Å². The molecule has 0 radical (unpaired) electrons. The zero-order valence-electron chi connectivity index (χ0n) is 9.17. The SMILES string of the molecule is Cl.NCCNC(=O)CCCc1cc(Cl)sc1Cl. The lowest BCUT2D eigenvalue weighted by atomic mass is 10.1. The second-order valence-electron chi connectivity index (χ2n) is 3.34. The highest BCUT2D eigenvalue weighted by Gasteiger charge is 2.06. The van der Waals surface area contributed by atoms with Gasteiger partial charge in [0.2, 0.25) is 5.91 Å². The van der Waals surface area contributed by atoms with E-state index in [-0.39, 0.29) is 18.3 Å². The smallest absolute Gasteiger partial charge is 0.220 e. The molecule has 3 nitrogen and oxygen atoms in total. The molecule has 0 fully saturated rings. The van der Waals surface area contributed by atoms with Crippen molar-refractivity contribution < 1.29 is 4.79 Å². The Balaban J connectivity index is 0.00000256. The molecular formula is C10H15Cl3N2OS. The van der Waals surface area contributed by atoms with Crippen LogP contribution in [0.3, 0.4) is 0 Å². The highest BCUT2D eigenvalue weighted by atomic mass is 35.5. The average molecular weight is 318 g/mol. The molecule has 7 heteroatoms. The number of rotatable bonds is 6. The van der Waals surface area contributed by atoms with Crippen molar-refractivity contribution in [3.8, 4) is 0 Å². The van der Waals surface area contributed by atoms with Gasteiger partial charge in [0.05, 0.1) is 8.67 Å².